The van der Waals surface area contributed by atoms with Crippen LogP contribution in [0, 0.1) is 0 Å². The van der Waals surface area contributed by atoms with Crippen LogP contribution in [0.4, 0.5) is 10.5 Å². The maximum atomic E-state index is 12.6. The summed E-state index contributed by atoms with van der Waals surface area (Å²) in [6, 6.07) is 7.44. The minimum Gasteiger partial charge on any atom is -0.480 e. The summed E-state index contributed by atoms with van der Waals surface area (Å²) in [5.41, 5.74) is 2.05. The molecule has 20 heavy (non-hydrogen) atoms. The predicted molar refractivity (Wildman–Crippen MR) is 77.0 cm³/mol. The number of para-hydroxylation sites is 1. The minimum absolute atomic E-state index is 0.146. The van der Waals surface area contributed by atoms with Gasteiger partial charge in [-0.05, 0) is 38.3 Å². The van der Waals surface area contributed by atoms with Crippen molar-refractivity contribution in [2.75, 3.05) is 18.0 Å². The van der Waals surface area contributed by atoms with Gasteiger partial charge in [0.25, 0.3) is 0 Å². The van der Waals surface area contributed by atoms with Crippen LogP contribution < -0.4 is 4.90 Å². The minimum atomic E-state index is -0.989. The summed E-state index contributed by atoms with van der Waals surface area (Å²) in [6.45, 7) is 4.03. The highest BCUT2D eigenvalue weighted by atomic mass is 16.4. The van der Waals surface area contributed by atoms with E-state index in [1.807, 2.05) is 38.1 Å². The van der Waals surface area contributed by atoms with Crippen molar-refractivity contribution in [3.63, 3.8) is 0 Å². The number of aryl methyl sites for hydroxylation is 1. The van der Waals surface area contributed by atoms with Crippen LogP contribution in [0.15, 0.2) is 24.3 Å². The number of hydrogen-bond donors (Lipinski definition) is 1. The number of carboxylic acid groups (broad SMARTS) is 1. The van der Waals surface area contributed by atoms with E-state index in [9.17, 15) is 9.59 Å². The summed E-state index contributed by atoms with van der Waals surface area (Å²) in [6.07, 6.45) is 1.86. The highest BCUT2D eigenvalue weighted by molar-refractivity contribution is 5.95. The fraction of sp³-hybridized carbons (Fsp3) is 0.467. The molecule has 0 unspecified atom stereocenters. The van der Waals surface area contributed by atoms with Crippen molar-refractivity contribution in [1.29, 1.82) is 0 Å². The summed E-state index contributed by atoms with van der Waals surface area (Å²) < 4.78 is 0. The maximum absolute atomic E-state index is 12.6. The number of urea groups is 1. The summed E-state index contributed by atoms with van der Waals surface area (Å²) in [7, 11) is 0. The van der Waals surface area contributed by atoms with E-state index in [4.69, 9.17) is 5.11 Å². The Bertz CT molecular complexity index is 514. The van der Waals surface area contributed by atoms with Crippen molar-refractivity contribution in [1.82, 2.24) is 4.90 Å². The molecular weight excluding hydrogens is 256 g/mol. The number of hydrogen-bond acceptors (Lipinski definition) is 2. The predicted octanol–water partition coefficient (Wildman–Crippen LogP) is 2.35. The van der Waals surface area contributed by atoms with Gasteiger partial charge in [0.15, 0.2) is 0 Å². The summed E-state index contributed by atoms with van der Waals surface area (Å²) in [5, 5.41) is 8.96. The zero-order chi connectivity index (χ0) is 14.7. The molecule has 1 heterocycles. The van der Waals surface area contributed by atoms with Crippen LogP contribution in [0.25, 0.3) is 0 Å². The topological polar surface area (TPSA) is 60.9 Å². The zero-order valence-electron chi connectivity index (χ0n) is 11.9. The van der Waals surface area contributed by atoms with Gasteiger partial charge in [0.2, 0.25) is 0 Å². The Labute approximate surface area is 118 Å². The van der Waals surface area contributed by atoms with Gasteiger partial charge in [-0.3, -0.25) is 9.69 Å². The normalized spacial score (nSPS) is 14.1. The van der Waals surface area contributed by atoms with Crippen molar-refractivity contribution >= 4 is 17.7 Å². The van der Waals surface area contributed by atoms with Crippen LogP contribution in [0.1, 0.15) is 25.8 Å². The third kappa shape index (κ3) is 2.92. The molecule has 2 rings (SSSR count). The quantitative estimate of drug-likeness (QED) is 0.922. The molecule has 1 aliphatic rings. The van der Waals surface area contributed by atoms with E-state index in [1.165, 1.54) is 4.90 Å². The number of benzene rings is 1. The molecule has 0 saturated heterocycles. The van der Waals surface area contributed by atoms with Crippen LogP contribution in [0.2, 0.25) is 0 Å². The van der Waals surface area contributed by atoms with Gasteiger partial charge in [0.05, 0.1) is 0 Å². The van der Waals surface area contributed by atoms with E-state index in [0.29, 0.717) is 6.54 Å². The highest BCUT2D eigenvalue weighted by Gasteiger charge is 2.28. The molecule has 1 N–H and O–H groups in total. The lowest BCUT2D eigenvalue weighted by atomic mass is 10.0. The second-order valence-corrected chi connectivity index (χ2v) is 5.28. The van der Waals surface area contributed by atoms with Gasteiger partial charge < -0.3 is 10.0 Å². The number of fused-ring (bicyclic) bond motifs is 1. The maximum Gasteiger partial charge on any atom is 0.325 e. The van der Waals surface area contributed by atoms with Crippen molar-refractivity contribution in [2.24, 2.45) is 0 Å². The molecule has 5 nitrogen and oxygen atoms in total. The van der Waals surface area contributed by atoms with Crippen molar-refractivity contribution in [3.8, 4) is 0 Å². The Balaban J connectivity index is 2.26. The van der Waals surface area contributed by atoms with E-state index in [2.05, 4.69) is 0 Å². The van der Waals surface area contributed by atoms with Crippen LogP contribution in [-0.2, 0) is 11.2 Å². The molecule has 0 aliphatic carbocycles. The standard InChI is InChI=1S/C15H20N2O3/c1-11(2)17(10-14(18)19)15(20)16-9-5-7-12-6-3-4-8-13(12)16/h3-4,6,8,11H,5,7,9-10H2,1-2H3,(H,18,19). The third-order valence-corrected chi connectivity index (χ3v) is 3.52. The van der Waals surface area contributed by atoms with Crippen molar-refractivity contribution in [2.45, 2.75) is 32.7 Å². The number of carbonyl (C=O) groups excluding carboxylic acids is 1. The first-order valence-corrected chi connectivity index (χ1v) is 6.88. The van der Waals surface area contributed by atoms with Gasteiger partial charge in [-0.25, -0.2) is 4.79 Å². The third-order valence-electron chi connectivity index (χ3n) is 3.52. The van der Waals surface area contributed by atoms with E-state index >= 15 is 0 Å². The number of amides is 2. The first-order valence-electron chi connectivity index (χ1n) is 6.88. The van der Waals surface area contributed by atoms with Crippen LogP contribution in [0.5, 0.6) is 0 Å². The van der Waals surface area contributed by atoms with Gasteiger partial charge in [-0.15, -0.1) is 0 Å². The number of anilines is 1. The van der Waals surface area contributed by atoms with E-state index in [1.54, 1.807) is 4.90 Å². The second-order valence-electron chi connectivity index (χ2n) is 5.28. The Morgan fingerprint density at radius 3 is 2.70 bits per heavy atom. The zero-order valence-corrected chi connectivity index (χ0v) is 11.9. The smallest absolute Gasteiger partial charge is 0.325 e. The second kappa shape index (κ2) is 5.94. The molecule has 0 fully saturated rings. The van der Waals surface area contributed by atoms with Crippen molar-refractivity contribution < 1.29 is 14.7 Å². The van der Waals surface area contributed by atoms with E-state index < -0.39 is 5.97 Å². The summed E-state index contributed by atoms with van der Waals surface area (Å²) in [5.74, 6) is -0.989. The first kappa shape index (κ1) is 14.4. The van der Waals surface area contributed by atoms with Gasteiger partial charge >= 0.3 is 12.0 Å². The average Bonchev–Trinajstić information content (AvgIpc) is 2.43. The summed E-state index contributed by atoms with van der Waals surface area (Å²) in [4.78, 5) is 26.7. The van der Waals surface area contributed by atoms with E-state index in [-0.39, 0.29) is 18.6 Å². The molecule has 0 atom stereocenters. The van der Waals surface area contributed by atoms with Crippen LogP contribution in [0.3, 0.4) is 0 Å². The summed E-state index contributed by atoms with van der Waals surface area (Å²) >= 11 is 0. The lowest BCUT2D eigenvalue weighted by Crippen LogP contribution is -2.50. The molecule has 0 spiro atoms. The molecule has 2 amide bonds. The number of carbonyl (C=O) groups is 2. The van der Waals surface area contributed by atoms with Crippen LogP contribution >= 0.6 is 0 Å². The molecule has 1 aliphatic heterocycles. The molecule has 0 saturated carbocycles. The van der Waals surface area contributed by atoms with Gasteiger partial charge in [-0.2, -0.15) is 0 Å². The Morgan fingerprint density at radius 1 is 1.35 bits per heavy atom. The molecule has 108 valence electrons. The lowest BCUT2D eigenvalue weighted by molar-refractivity contribution is -0.137. The lowest BCUT2D eigenvalue weighted by Gasteiger charge is -2.35. The fourth-order valence-corrected chi connectivity index (χ4v) is 2.50. The monoisotopic (exact) mass is 276 g/mol. The number of nitrogens with zero attached hydrogens (tertiary/aromatic N) is 2. The SMILES string of the molecule is CC(C)N(CC(=O)O)C(=O)N1CCCc2ccccc21. The molecular formula is C15H20N2O3. The van der Waals surface area contributed by atoms with Crippen LogP contribution in [-0.4, -0.2) is 41.1 Å². The number of carboxylic acids is 1. The fourth-order valence-electron chi connectivity index (χ4n) is 2.50. The number of rotatable bonds is 3. The molecule has 1 aromatic rings. The molecule has 0 bridgehead atoms. The highest BCUT2D eigenvalue weighted by Crippen LogP contribution is 2.27. The van der Waals surface area contributed by atoms with E-state index in [0.717, 1.165) is 24.1 Å². The Hall–Kier alpha value is -2.04. The molecule has 1 aromatic carbocycles. The Kier molecular flexibility index (Phi) is 4.27. The number of aliphatic carboxylic acids is 1. The largest absolute Gasteiger partial charge is 0.480 e. The van der Waals surface area contributed by atoms with Crippen molar-refractivity contribution in [3.05, 3.63) is 29.8 Å². The van der Waals surface area contributed by atoms with Gasteiger partial charge in [0.1, 0.15) is 6.54 Å². The first-order chi connectivity index (χ1) is 9.50. The van der Waals surface area contributed by atoms with Gasteiger partial charge in [-0.1, -0.05) is 18.2 Å². The average molecular weight is 276 g/mol. The van der Waals surface area contributed by atoms with Gasteiger partial charge in [0, 0.05) is 18.3 Å². The molecule has 0 radical (unpaired) electrons. The molecule has 5 heteroatoms. The Morgan fingerprint density at radius 2 is 2.05 bits per heavy atom. The molecule has 0 aromatic heterocycles.